The van der Waals surface area contributed by atoms with E-state index in [9.17, 15) is 4.79 Å². The number of aryl methyl sites for hydroxylation is 2. The normalized spacial score (nSPS) is 10.3. The minimum absolute atomic E-state index is 0.243. The monoisotopic (exact) mass is 240 g/mol. The van der Waals surface area contributed by atoms with Crippen molar-refractivity contribution in [3.05, 3.63) is 5.69 Å². The Balaban J connectivity index is 2.61. The van der Waals surface area contributed by atoms with Crippen LogP contribution in [0.15, 0.2) is 0 Å². The predicted molar refractivity (Wildman–Crippen MR) is 66.7 cm³/mol. The van der Waals surface area contributed by atoms with Gasteiger partial charge in [0.05, 0.1) is 24.9 Å². The van der Waals surface area contributed by atoms with Crippen molar-refractivity contribution >= 4 is 17.5 Å². The topological polar surface area (TPSA) is 82.2 Å². The molecule has 6 heteroatoms. The van der Waals surface area contributed by atoms with E-state index in [2.05, 4.69) is 22.1 Å². The molecule has 0 aliphatic carbocycles. The van der Waals surface area contributed by atoms with Crippen LogP contribution in [0.4, 0.5) is 11.5 Å². The Morgan fingerprint density at radius 1 is 1.59 bits per heavy atom. The lowest BCUT2D eigenvalue weighted by Gasteiger charge is -2.06. The highest BCUT2D eigenvalue weighted by Gasteiger charge is 2.12. The summed E-state index contributed by atoms with van der Waals surface area (Å²) >= 11 is 0. The fourth-order valence-electron chi connectivity index (χ4n) is 1.61. The molecular formula is C11H20N4O2. The molecule has 0 fully saturated rings. The van der Waals surface area contributed by atoms with Crippen LogP contribution in [0.25, 0.3) is 0 Å². The molecule has 17 heavy (non-hydrogen) atoms. The van der Waals surface area contributed by atoms with Crippen molar-refractivity contribution in [1.82, 2.24) is 9.78 Å². The summed E-state index contributed by atoms with van der Waals surface area (Å²) in [6, 6.07) is 0. The van der Waals surface area contributed by atoms with Gasteiger partial charge in [-0.2, -0.15) is 5.10 Å². The number of anilines is 2. The zero-order valence-corrected chi connectivity index (χ0v) is 10.6. The van der Waals surface area contributed by atoms with E-state index < -0.39 is 0 Å². The number of rotatable bonds is 6. The van der Waals surface area contributed by atoms with Gasteiger partial charge in [0.15, 0.2) is 0 Å². The summed E-state index contributed by atoms with van der Waals surface area (Å²) in [5, 5.41) is 7.43. The molecule has 0 spiro atoms. The lowest BCUT2D eigenvalue weighted by Crippen LogP contribution is -2.12. The van der Waals surface area contributed by atoms with Crippen LogP contribution in [0.1, 0.15) is 25.5 Å². The molecule has 0 amide bonds. The van der Waals surface area contributed by atoms with E-state index >= 15 is 0 Å². The molecule has 0 aliphatic rings. The van der Waals surface area contributed by atoms with Crippen LogP contribution in [-0.2, 0) is 23.0 Å². The minimum Gasteiger partial charge on any atom is -0.469 e. The smallest absolute Gasteiger partial charge is 0.307 e. The summed E-state index contributed by atoms with van der Waals surface area (Å²) in [4.78, 5) is 11.0. The second-order valence-electron chi connectivity index (χ2n) is 3.84. The Bertz CT molecular complexity index is 387. The molecule has 1 heterocycles. The molecule has 0 saturated carbocycles. The van der Waals surface area contributed by atoms with E-state index in [0.717, 1.165) is 24.4 Å². The maximum Gasteiger partial charge on any atom is 0.307 e. The Hall–Kier alpha value is -1.72. The van der Waals surface area contributed by atoms with Gasteiger partial charge in [0.2, 0.25) is 0 Å². The molecule has 0 aromatic carbocycles. The first-order valence-corrected chi connectivity index (χ1v) is 5.72. The number of hydrogen-bond donors (Lipinski definition) is 2. The van der Waals surface area contributed by atoms with Gasteiger partial charge < -0.3 is 15.8 Å². The first kappa shape index (κ1) is 13.3. The van der Waals surface area contributed by atoms with Crippen molar-refractivity contribution in [2.24, 2.45) is 7.05 Å². The first-order chi connectivity index (χ1) is 8.10. The molecule has 96 valence electrons. The third-order valence-corrected chi connectivity index (χ3v) is 2.50. The third kappa shape index (κ3) is 3.37. The van der Waals surface area contributed by atoms with Crippen molar-refractivity contribution in [2.75, 3.05) is 24.7 Å². The molecule has 0 aliphatic heterocycles. The quantitative estimate of drug-likeness (QED) is 0.723. The molecule has 1 aromatic heterocycles. The van der Waals surface area contributed by atoms with Crippen LogP contribution in [-0.4, -0.2) is 29.4 Å². The van der Waals surface area contributed by atoms with Gasteiger partial charge in [-0.15, -0.1) is 0 Å². The van der Waals surface area contributed by atoms with Crippen LogP contribution in [0.5, 0.6) is 0 Å². The van der Waals surface area contributed by atoms with Crippen LogP contribution >= 0.6 is 0 Å². The molecular weight excluding hydrogens is 220 g/mol. The van der Waals surface area contributed by atoms with Crippen LogP contribution in [0.2, 0.25) is 0 Å². The third-order valence-electron chi connectivity index (χ3n) is 2.50. The fourth-order valence-corrected chi connectivity index (χ4v) is 1.61. The number of carbonyl (C=O) groups is 1. The average Bonchev–Trinajstić information content (AvgIpc) is 2.57. The second-order valence-corrected chi connectivity index (χ2v) is 3.84. The highest BCUT2D eigenvalue weighted by atomic mass is 16.5. The van der Waals surface area contributed by atoms with Gasteiger partial charge in [-0.3, -0.25) is 9.48 Å². The summed E-state index contributed by atoms with van der Waals surface area (Å²) in [5.41, 5.74) is 7.54. The van der Waals surface area contributed by atoms with E-state index in [1.54, 1.807) is 4.68 Å². The predicted octanol–water partition coefficient (Wildman–Crippen LogP) is 0.930. The Labute approximate surface area is 101 Å². The van der Waals surface area contributed by atoms with Gasteiger partial charge in [-0.05, 0) is 6.42 Å². The second kappa shape index (κ2) is 6.12. The minimum atomic E-state index is -0.243. The molecule has 3 N–H and O–H groups in total. The molecule has 0 radical (unpaired) electrons. The molecule has 0 unspecified atom stereocenters. The maximum atomic E-state index is 11.0. The standard InChI is InChI=1S/C11H20N4O2/c1-4-5-8-10(12)11(15(2)14-8)13-7-6-9(16)17-3/h13H,4-7,12H2,1-3H3. The van der Waals surface area contributed by atoms with Gasteiger partial charge in [-0.1, -0.05) is 13.3 Å². The van der Waals surface area contributed by atoms with Crippen LogP contribution < -0.4 is 11.1 Å². The lowest BCUT2D eigenvalue weighted by atomic mass is 10.2. The highest BCUT2D eigenvalue weighted by molar-refractivity contribution is 5.70. The number of aromatic nitrogens is 2. The molecule has 0 atom stereocenters. The Kier molecular flexibility index (Phi) is 4.81. The number of carbonyl (C=O) groups excluding carboxylic acids is 1. The van der Waals surface area contributed by atoms with Crippen molar-refractivity contribution in [3.63, 3.8) is 0 Å². The summed E-state index contributed by atoms with van der Waals surface area (Å²) in [6.07, 6.45) is 2.17. The fraction of sp³-hybridized carbons (Fsp3) is 0.636. The SMILES string of the molecule is CCCc1nn(C)c(NCCC(=O)OC)c1N. The molecule has 1 rings (SSSR count). The maximum absolute atomic E-state index is 11.0. The number of nitrogens with zero attached hydrogens (tertiary/aromatic N) is 2. The van der Waals surface area contributed by atoms with Crippen molar-refractivity contribution in [3.8, 4) is 0 Å². The zero-order chi connectivity index (χ0) is 12.8. The summed E-state index contributed by atoms with van der Waals surface area (Å²) < 4.78 is 6.27. The van der Waals surface area contributed by atoms with E-state index in [1.165, 1.54) is 7.11 Å². The van der Waals surface area contributed by atoms with E-state index in [0.29, 0.717) is 18.7 Å². The average molecular weight is 240 g/mol. The largest absolute Gasteiger partial charge is 0.469 e. The highest BCUT2D eigenvalue weighted by Crippen LogP contribution is 2.22. The van der Waals surface area contributed by atoms with Gasteiger partial charge in [0.25, 0.3) is 0 Å². The lowest BCUT2D eigenvalue weighted by molar-refractivity contribution is -0.140. The van der Waals surface area contributed by atoms with Crippen molar-refractivity contribution in [1.29, 1.82) is 0 Å². The van der Waals surface area contributed by atoms with Crippen molar-refractivity contribution < 1.29 is 9.53 Å². The summed E-state index contributed by atoms with van der Waals surface area (Å²) in [5.74, 6) is 0.518. The van der Waals surface area contributed by atoms with Gasteiger partial charge in [0, 0.05) is 13.6 Å². The zero-order valence-electron chi connectivity index (χ0n) is 10.6. The molecule has 6 nitrogen and oxygen atoms in total. The number of ether oxygens (including phenoxy) is 1. The van der Waals surface area contributed by atoms with Crippen LogP contribution in [0, 0.1) is 0 Å². The number of nitrogens with two attached hydrogens (primary N) is 1. The summed E-state index contributed by atoms with van der Waals surface area (Å²) in [6.45, 7) is 2.57. The number of hydrogen-bond acceptors (Lipinski definition) is 5. The van der Waals surface area contributed by atoms with Crippen molar-refractivity contribution in [2.45, 2.75) is 26.2 Å². The molecule has 0 bridgehead atoms. The van der Waals surface area contributed by atoms with E-state index in [4.69, 9.17) is 5.73 Å². The number of esters is 1. The number of nitrogen functional groups attached to an aromatic ring is 1. The van der Waals surface area contributed by atoms with Gasteiger partial charge >= 0.3 is 5.97 Å². The summed E-state index contributed by atoms with van der Waals surface area (Å²) in [7, 11) is 3.20. The van der Waals surface area contributed by atoms with Crippen LogP contribution in [0.3, 0.4) is 0 Å². The van der Waals surface area contributed by atoms with E-state index in [-0.39, 0.29) is 5.97 Å². The Morgan fingerprint density at radius 2 is 2.29 bits per heavy atom. The number of methoxy groups -OCH3 is 1. The number of nitrogens with one attached hydrogen (secondary N) is 1. The van der Waals surface area contributed by atoms with Gasteiger partial charge in [-0.25, -0.2) is 0 Å². The van der Waals surface area contributed by atoms with E-state index in [1.807, 2.05) is 7.05 Å². The molecule has 1 aromatic rings. The Morgan fingerprint density at radius 3 is 2.88 bits per heavy atom. The van der Waals surface area contributed by atoms with Gasteiger partial charge in [0.1, 0.15) is 5.82 Å². The molecule has 0 saturated heterocycles. The first-order valence-electron chi connectivity index (χ1n) is 5.72.